The van der Waals surface area contributed by atoms with Gasteiger partial charge in [0, 0.05) is 30.1 Å². The Morgan fingerprint density at radius 3 is 2.42 bits per heavy atom. The standard InChI is InChI=1S/C28H26N2O3/c1-32-23-13-19(14-24(17-23)33-2)18-30-27(25-9-5-3-8-21(25)15-28(30)31)16-22-12-11-20-7-4-6-10-26(20)29-22/h3-14,17,27H,15-16,18H2,1-2H3. The molecule has 0 spiro atoms. The molecule has 0 saturated carbocycles. The highest BCUT2D eigenvalue weighted by atomic mass is 16.5. The first kappa shape index (κ1) is 21.0. The van der Waals surface area contributed by atoms with Gasteiger partial charge in [0.05, 0.1) is 32.2 Å². The number of rotatable bonds is 6. The van der Waals surface area contributed by atoms with Gasteiger partial charge < -0.3 is 14.4 Å². The van der Waals surface area contributed by atoms with Gasteiger partial charge in [0.25, 0.3) is 0 Å². The Hall–Kier alpha value is -3.86. The number of hydrogen-bond acceptors (Lipinski definition) is 4. The third-order valence-corrected chi connectivity index (χ3v) is 6.28. The van der Waals surface area contributed by atoms with Gasteiger partial charge in [-0.1, -0.05) is 48.5 Å². The van der Waals surface area contributed by atoms with Crippen molar-refractivity contribution in [2.45, 2.75) is 25.4 Å². The number of hydrogen-bond donors (Lipinski definition) is 0. The van der Waals surface area contributed by atoms with Crippen LogP contribution in [0.2, 0.25) is 0 Å². The highest BCUT2D eigenvalue weighted by Gasteiger charge is 2.32. The van der Waals surface area contributed by atoms with E-state index in [1.807, 2.05) is 53.4 Å². The molecule has 1 aromatic heterocycles. The summed E-state index contributed by atoms with van der Waals surface area (Å²) in [6.45, 7) is 0.471. The van der Waals surface area contributed by atoms with Crippen LogP contribution in [0.4, 0.5) is 0 Å². The lowest BCUT2D eigenvalue weighted by Gasteiger charge is -2.37. The second-order valence-corrected chi connectivity index (χ2v) is 8.33. The van der Waals surface area contributed by atoms with E-state index in [4.69, 9.17) is 14.5 Å². The molecule has 5 nitrogen and oxygen atoms in total. The van der Waals surface area contributed by atoms with Crippen LogP contribution in [0.5, 0.6) is 11.5 Å². The van der Waals surface area contributed by atoms with E-state index in [0.29, 0.717) is 30.9 Å². The van der Waals surface area contributed by atoms with Crippen LogP contribution in [0.15, 0.2) is 78.9 Å². The minimum absolute atomic E-state index is 0.103. The molecule has 1 aliphatic rings. The summed E-state index contributed by atoms with van der Waals surface area (Å²) in [5.41, 5.74) is 5.18. The predicted molar refractivity (Wildman–Crippen MR) is 128 cm³/mol. The van der Waals surface area contributed by atoms with E-state index >= 15 is 0 Å². The van der Waals surface area contributed by atoms with Crippen molar-refractivity contribution in [2.24, 2.45) is 0 Å². The zero-order chi connectivity index (χ0) is 22.8. The molecule has 5 heteroatoms. The van der Waals surface area contributed by atoms with Crippen LogP contribution in [0, 0.1) is 0 Å². The highest BCUT2D eigenvalue weighted by molar-refractivity contribution is 5.82. The van der Waals surface area contributed by atoms with E-state index in [0.717, 1.165) is 27.7 Å². The molecule has 0 fully saturated rings. The molecule has 4 aromatic rings. The van der Waals surface area contributed by atoms with Gasteiger partial charge in [-0.05, 0) is 41.0 Å². The second-order valence-electron chi connectivity index (χ2n) is 8.33. The van der Waals surface area contributed by atoms with Crippen LogP contribution in [0.1, 0.15) is 28.4 Å². The number of para-hydroxylation sites is 1. The maximum absolute atomic E-state index is 13.3. The normalized spacial score (nSPS) is 15.4. The van der Waals surface area contributed by atoms with Crippen LogP contribution in [0.25, 0.3) is 10.9 Å². The number of carbonyl (C=O) groups is 1. The Morgan fingerprint density at radius 2 is 1.64 bits per heavy atom. The quantitative estimate of drug-likeness (QED) is 0.419. The minimum Gasteiger partial charge on any atom is -0.497 e. The average Bonchev–Trinajstić information content (AvgIpc) is 2.85. The van der Waals surface area contributed by atoms with Crippen LogP contribution in [0.3, 0.4) is 0 Å². The number of amides is 1. The van der Waals surface area contributed by atoms with Gasteiger partial charge >= 0.3 is 0 Å². The highest BCUT2D eigenvalue weighted by Crippen LogP contribution is 2.35. The number of methoxy groups -OCH3 is 2. The van der Waals surface area contributed by atoms with Crippen molar-refractivity contribution in [1.29, 1.82) is 0 Å². The van der Waals surface area contributed by atoms with Gasteiger partial charge in [-0.2, -0.15) is 0 Å². The van der Waals surface area contributed by atoms with Crippen molar-refractivity contribution in [1.82, 2.24) is 9.88 Å². The van der Waals surface area contributed by atoms with Gasteiger partial charge in [-0.25, -0.2) is 0 Å². The van der Waals surface area contributed by atoms with E-state index in [2.05, 4.69) is 30.3 Å². The Bertz CT molecular complexity index is 1300. The fraction of sp³-hybridized carbons (Fsp3) is 0.214. The summed E-state index contributed by atoms with van der Waals surface area (Å²) in [7, 11) is 3.27. The summed E-state index contributed by atoms with van der Waals surface area (Å²) in [4.78, 5) is 20.2. The largest absolute Gasteiger partial charge is 0.497 e. The molecule has 1 aliphatic heterocycles. The van der Waals surface area contributed by atoms with E-state index in [1.165, 1.54) is 5.56 Å². The fourth-order valence-corrected chi connectivity index (χ4v) is 4.62. The molecule has 0 saturated heterocycles. The lowest BCUT2D eigenvalue weighted by molar-refractivity contribution is -0.134. The molecular formula is C28H26N2O3. The molecule has 2 heterocycles. The molecule has 3 aromatic carbocycles. The fourth-order valence-electron chi connectivity index (χ4n) is 4.62. The number of benzene rings is 3. The number of fused-ring (bicyclic) bond motifs is 2. The van der Waals surface area contributed by atoms with E-state index in [9.17, 15) is 4.79 Å². The lowest BCUT2D eigenvalue weighted by atomic mass is 9.89. The summed E-state index contributed by atoms with van der Waals surface area (Å²) in [6.07, 6.45) is 1.05. The molecule has 0 bridgehead atoms. The first-order valence-corrected chi connectivity index (χ1v) is 11.1. The summed E-state index contributed by atoms with van der Waals surface area (Å²) >= 11 is 0. The lowest BCUT2D eigenvalue weighted by Crippen LogP contribution is -2.40. The summed E-state index contributed by atoms with van der Waals surface area (Å²) in [5, 5.41) is 1.11. The minimum atomic E-state index is -0.103. The topological polar surface area (TPSA) is 51.7 Å². The van der Waals surface area contributed by atoms with Crippen molar-refractivity contribution in [3.8, 4) is 11.5 Å². The SMILES string of the molecule is COc1cc(CN2C(=O)Cc3ccccc3C2Cc2ccc3ccccc3n2)cc(OC)c1. The Balaban J connectivity index is 1.53. The molecule has 166 valence electrons. The van der Waals surface area contributed by atoms with Crippen LogP contribution in [-0.2, 0) is 24.2 Å². The van der Waals surface area contributed by atoms with Crippen LogP contribution in [-0.4, -0.2) is 30.0 Å². The maximum Gasteiger partial charge on any atom is 0.227 e. The molecule has 1 amide bonds. The Morgan fingerprint density at radius 1 is 0.909 bits per heavy atom. The maximum atomic E-state index is 13.3. The molecule has 0 N–H and O–H groups in total. The zero-order valence-corrected chi connectivity index (χ0v) is 18.8. The molecule has 1 atom stereocenters. The van der Waals surface area contributed by atoms with Crippen molar-refractivity contribution in [2.75, 3.05) is 14.2 Å². The number of pyridine rings is 1. The molecule has 33 heavy (non-hydrogen) atoms. The number of carbonyl (C=O) groups excluding carboxylic acids is 1. The van der Waals surface area contributed by atoms with E-state index in [1.54, 1.807) is 14.2 Å². The average molecular weight is 439 g/mol. The van der Waals surface area contributed by atoms with Gasteiger partial charge in [-0.3, -0.25) is 9.78 Å². The second kappa shape index (κ2) is 8.94. The molecular weight excluding hydrogens is 412 g/mol. The van der Waals surface area contributed by atoms with E-state index < -0.39 is 0 Å². The summed E-state index contributed by atoms with van der Waals surface area (Å²) in [5.74, 6) is 1.53. The van der Waals surface area contributed by atoms with Gasteiger partial charge in [0.1, 0.15) is 11.5 Å². The monoisotopic (exact) mass is 438 g/mol. The molecule has 0 radical (unpaired) electrons. The van der Waals surface area contributed by atoms with Crippen molar-refractivity contribution < 1.29 is 14.3 Å². The van der Waals surface area contributed by atoms with Crippen LogP contribution < -0.4 is 9.47 Å². The smallest absolute Gasteiger partial charge is 0.227 e. The molecule has 1 unspecified atom stereocenters. The summed E-state index contributed by atoms with van der Waals surface area (Å²) < 4.78 is 10.9. The van der Waals surface area contributed by atoms with Gasteiger partial charge in [0.2, 0.25) is 5.91 Å². The Labute approximate surface area is 193 Å². The Kier molecular flexibility index (Phi) is 5.69. The summed E-state index contributed by atoms with van der Waals surface area (Å²) in [6, 6.07) is 26.2. The van der Waals surface area contributed by atoms with E-state index in [-0.39, 0.29) is 11.9 Å². The number of aromatic nitrogens is 1. The van der Waals surface area contributed by atoms with Gasteiger partial charge in [-0.15, -0.1) is 0 Å². The molecule has 5 rings (SSSR count). The number of nitrogens with zero attached hydrogens (tertiary/aromatic N) is 2. The van der Waals surface area contributed by atoms with Crippen LogP contribution >= 0.6 is 0 Å². The third kappa shape index (κ3) is 4.27. The molecule has 0 aliphatic carbocycles. The van der Waals surface area contributed by atoms with Gasteiger partial charge in [0.15, 0.2) is 0 Å². The van der Waals surface area contributed by atoms with Crippen molar-refractivity contribution >= 4 is 16.8 Å². The zero-order valence-electron chi connectivity index (χ0n) is 18.8. The third-order valence-electron chi connectivity index (χ3n) is 6.28. The van der Waals surface area contributed by atoms with Crippen molar-refractivity contribution in [3.05, 3.63) is 101 Å². The first-order chi connectivity index (χ1) is 16.1. The number of ether oxygens (including phenoxy) is 2. The van der Waals surface area contributed by atoms with Crippen molar-refractivity contribution in [3.63, 3.8) is 0 Å². The predicted octanol–water partition coefficient (Wildman–Crippen LogP) is 5.12. The first-order valence-electron chi connectivity index (χ1n) is 11.1.